The topological polar surface area (TPSA) is 75.9 Å². The van der Waals surface area contributed by atoms with Crippen molar-refractivity contribution in [1.29, 1.82) is 0 Å². The van der Waals surface area contributed by atoms with Gasteiger partial charge in [-0.3, -0.25) is 13.9 Å². The number of nitrogens with zero attached hydrogens (tertiary/aromatic N) is 4. The van der Waals surface area contributed by atoms with Gasteiger partial charge in [0.15, 0.2) is 11.2 Å². The number of rotatable bonds is 2. The number of aromatic amines is 1. The molecular weight excluding hydrogens is 318 g/mol. The first-order valence-electron chi connectivity index (χ1n) is 8.52. The Morgan fingerprint density at radius 1 is 1.12 bits per heavy atom. The fourth-order valence-electron chi connectivity index (χ4n) is 3.63. The number of hydrogen-bond acceptors (Lipinski definition) is 4. The van der Waals surface area contributed by atoms with Crippen molar-refractivity contribution in [1.82, 2.24) is 19.1 Å². The second-order valence-electron chi connectivity index (χ2n) is 6.66. The van der Waals surface area contributed by atoms with Gasteiger partial charge in [-0.05, 0) is 18.4 Å². The molecule has 1 aromatic carbocycles. The molecule has 0 saturated carbocycles. The van der Waals surface area contributed by atoms with Crippen molar-refractivity contribution in [3.63, 3.8) is 0 Å². The van der Waals surface area contributed by atoms with Crippen LogP contribution in [0.5, 0.6) is 0 Å². The van der Waals surface area contributed by atoms with Crippen molar-refractivity contribution in [3.8, 4) is 0 Å². The molecule has 7 nitrogen and oxygen atoms in total. The number of imidazole rings is 1. The van der Waals surface area contributed by atoms with Crippen LogP contribution in [0.3, 0.4) is 0 Å². The van der Waals surface area contributed by atoms with E-state index in [4.69, 9.17) is 0 Å². The van der Waals surface area contributed by atoms with Gasteiger partial charge in [0.05, 0.1) is 0 Å². The predicted octanol–water partition coefficient (Wildman–Crippen LogP) is 1.34. The first-order valence-corrected chi connectivity index (χ1v) is 8.52. The summed E-state index contributed by atoms with van der Waals surface area (Å²) in [6.45, 7) is 1.73. The normalized spacial score (nSPS) is 18.0. The average molecular weight is 339 g/mol. The molecule has 1 fully saturated rings. The summed E-state index contributed by atoms with van der Waals surface area (Å²) in [7, 11) is 3.12. The van der Waals surface area contributed by atoms with Crippen LogP contribution in [-0.2, 0) is 14.1 Å². The van der Waals surface area contributed by atoms with Crippen LogP contribution in [0.2, 0.25) is 0 Å². The number of benzene rings is 1. The van der Waals surface area contributed by atoms with E-state index in [1.165, 1.54) is 17.2 Å². The fourth-order valence-corrected chi connectivity index (χ4v) is 3.63. The highest BCUT2D eigenvalue weighted by atomic mass is 16.2. The van der Waals surface area contributed by atoms with Crippen molar-refractivity contribution in [2.45, 2.75) is 18.8 Å². The molecule has 4 rings (SSSR count). The Balaban J connectivity index is 1.72. The number of H-pyrrole nitrogens is 1. The van der Waals surface area contributed by atoms with Gasteiger partial charge in [-0.2, -0.15) is 4.98 Å². The van der Waals surface area contributed by atoms with Gasteiger partial charge in [0.2, 0.25) is 5.95 Å². The second-order valence-corrected chi connectivity index (χ2v) is 6.66. The highest BCUT2D eigenvalue weighted by molar-refractivity contribution is 5.73. The van der Waals surface area contributed by atoms with Crippen molar-refractivity contribution in [2.75, 3.05) is 18.0 Å². The van der Waals surface area contributed by atoms with Crippen LogP contribution in [0.4, 0.5) is 5.95 Å². The number of fused-ring (bicyclic) bond motifs is 1. The first-order chi connectivity index (χ1) is 12.1. The molecule has 0 radical (unpaired) electrons. The number of aryl methyl sites for hydroxylation is 1. The van der Waals surface area contributed by atoms with Crippen LogP contribution in [-0.4, -0.2) is 32.2 Å². The summed E-state index contributed by atoms with van der Waals surface area (Å²) in [5, 5.41) is 0. The standard InChI is InChI=1S/C18H21N5O2/c1-21-15-14(16(24)22(2)18(21)25)19-17(20-15)23-10-6-9-13(11-23)12-7-4-3-5-8-12/h3-5,7-8,13H,6,9-11H2,1-2H3,(H,19,20). The van der Waals surface area contributed by atoms with Crippen LogP contribution in [0.1, 0.15) is 24.3 Å². The van der Waals surface area contributed by atoms with E-state index < -0.39 is 0 Å². The van der Waals surface area contributed by atoms with E-state index >= 15 is 0 Å². The van der Waals surface area contributed by atoms with E-state index in [0.29, 0.717) is 23.0 Å². The molecule has 0 spiro atoms. The van der Waals surface area contributed by atoms with E-state index in [2.05, 4.69) is 39.1 Å². The van der Waals surface area contributed by atoms with Gasteiger partial charge < -0.3 is 9.88 Å². The molecule has 0 amide bonds. The number of aromatic nitrogens is 4. The molecule has 3 aromatic rings. The van der Waals surface area contributed by atoms with Crippen molar-refractivity contribution in [2.24, 2.45) is 14.1 Å². The molecule has 25 heavy (non-hydrogen) atoms. The van der Waals surface area contributed by atoms with E-state index in [1.807, 2.05) is 6.07 Å². The Bertz CT molecular complexity index is 1030. The summed E-state index contributed by atoms with van der Waals surface area (Å²) < 4.78 is 2.52. The largest absolute Gasteiger partial charge is 0.342 e. The molecule has 3 heterocycles. The van der Waals surface area contributed by atoms with E-state index in [9.17, 15) is 9.59 Å². The molecule has 1 saturated heterocycles. The van der Waals surface area contributed by atoms with Crippen LogP contribution < -0.4 is 16.1 Å². The number of nitrogens with one attached hydrogen (secondary N) is 1. The molecule has 7 heteroatoms. The highest BCUT2D eigenvalue weighted by Crippen LogP contribution is 2.29. The maximum absolute atomic E-state index is 12.3. The quantitative estimate of drug-likeness (QED) is 0.764. The number of piperidine rings is 1. The lowest BCUT2D eigenvalue weighted by molar-refractivity contribution is 0.505. The highest BCUT2D eigenvalue weighted by Gasteiger charge is 2.24. The van der Waals surface area contributed by atoms with Crippen LogP contribution in [0.15, 0.2) is 39.9 Å². The smallest absolute Gasteiger partial charge is 0.332 e. The van der Waals surface area contributed by atoms with E-state index in [0.717, 1.165) is 30.5 Å². The Morgan fingerprint density at radius 2 is 1.88 bits per heavy atom. The molecule has 1 aliphatic rings. The Kier molecular flexibility index (Phi) is 3.71. The maximum Gasteiger partial charge on any atom is 0.332 e. The molecule has 1 aliphatic heterocycles. The SMILES string of the molecule is Cn1c(=O)c2[nH]c(N3CCCC(c4ccccc4)C3)nc2n(C)c1=O. The van der Waals surface area contributed by atoms with Gasteiger partial charge in [0.1, 0.15) is 0 Å². The number of hydrogen-bond donors (Lipinski definition) is 1. The lowest BCUT2D eigenvalue weighted by Gasteiger charge is -2.32. The lowest BCUT2D eigenvalue weighted by Crippen LogP contribution is -2.36. The monoisotopic (exact) mass is 339 g/mol. The lowest BCUT2D eigenvalue weighted by atomic mass is 9.91. The average Bonchev–Trinajstić information content (AvgIpc) is 3.11. The molecular formula is C18H21N5O2. The van der Waals surface area contributed by atoms with E-state index in [-0.39, 0.29) is 11.2 Å². The minimum atomic E-state index is -0.364. The third-order valence-corrected chi connectivity index (χ3v) is 5.07. The van der Waals surface area contributed by atoms with Gasteiger partial charge in [0, 0.05) is 33.1 Å². The third-order valence-electron chi connectivity index (χ3n) is 5.07. The fraction of sp³-hybridized carbons (Fsp3) is 0.389. The molecule has 1 unspecified atom stereocenters. The predicted molar refractivity (Wildman–Crippen MR) is 97.2 cm³/mol. The summed E-state index contributed by atoms with van der Waals surface area (Å²) in [6.07, 6.45) is 2.20. The molecule has 130 valence electrons. The molecule has 1 atom stereocenters. The van der Waals surface area contributed by atoms with Crippen LogP contribution >= 0.6 is 0 Å². The second kappa shape index (κ2) is 5.91. The minimum Gasteiger partial charge on any atom is -0.342 e. The van der Waals surface area contributed by atoms with Crippen molar-refractivity contribution >= 4 is 17.1 Å². The zero-order chi connectivity index (χ0) is 17.6. The Hall–Kier alpha value is -2.83. The summed E-state index contributed by atoms with van der Waals surface area (Å²) in [5.41, 5.74) is 1.41. The van der Waals surface area contributed by atoms with Gasteiger partial charge in [-0.1, -0.05) is 30.3 Å². The molecule has 0 aliphatic carbocycles. The van der Waals surface area contributed by atoms with Gasteiger partial charge >= 0.3 is 5.69 Å². The van der Waals surface area contributed by atoms with Gasteiger partial charge in [-0.15, -0.1) is 0 Å². The minimum absolute atomic E-state index is 0.339. The molecule has 1 N–H and O–H groups in total. The van der Waals surface area contributed by atoms with E-state index in [1.54, 1.807) is 7.05 Å². The van der Waals surface area contributed by atoms with Crippen molar-refractivity contribution in [3.05, 3.63) is 56.7 Å². The van der Waals surface area contributed by atoms with Crippen molar-refractivity contribution < 1.29 is 0 Å². The first kappa shape index (κ1) is 15.7. The van der Waals surface area contributed by atoms with Crippen LogP contribution in [0, 0.1) is 0 Å². The third kappa shape index (κ3) is 2.56. The van der Waals surface area contributed by atoms with Gasteiger partial charge in [-0.25, -0.2) is 4.79 Å². The summed E-state index contributed by atoms with van der Waals surface area (Å²) in [6, 6.07) is 10.5. The summed E-state index contributed by atoms with van der Waals surface area (Å²) in [5.74, 6) is 1.10. The Labute approximate surface area is 144 Å². The summed E-state index contributed by atoms with van der Waals surface area (Å²) >= 11 is 0. The summed E-state index contributed by atoms with van der Waals surface area (Å²) in [4.78, 5) is 34.3. The maximum atomic E-state index is 12.3. The number of anilines is 1. The van der Waals surface area contributed by atoms with Crippen LogP contribution in [0.25, 0.3) is 11.2 Å². The zero-order valence-corrected chi connectivity index (χ0v) is 14.4. The molecule has 0 bridgehead atoms. The Morgan fingerprint density at radius 3 is 2.64 bits per heavy atom. The zero-order valence-electron chi connectivity index (χ0n) is 14.4. The van der Waals surface area contributed by atoms with Gasteiger partial charge in [0.25, 0.3) is 5.56 Å². The molecule has 2 aromatic heterocycles.